The average molecular weight is 284 g/mol. The minimum atomic E-state index is -0.421. The number of hydrogen-bond donors (Lipinski definition) is 1. The lowest BCUT2D eigenvalue weighted by Crippen LogP contribution is -2.13. The summed E-state index contributed by atoms with van der Waals surface area (Å²) in [6.45, 7) is 2.09. The van der Waals surface area contributed by atoms with Crippen molar-refractivity contribution in [2.75, 3.05) is 13.3 Å². The second-order valence-corrected chi connectivity index (χ2v) is 4.22. The molecule has 0 aliphatic heterocycles. The molecular formula is C15H19ClFNO. The minimum absolute atomic E-state index is 0. The Morgan fingerprint density at radius 3 is 2.63 bits per heavy atom. The molecule has 0 bridgehead atoms. The van der Waals surface area contributed by atoms with Gasteiger partial charge >= 0.3 is 0 Å². The molecule has 2 N–H and O–H groups in total. The third-order valence-corrected chi connectivity index (χ3v) is 3.02. The predicted octanol–water partition coefficient (Wildman–Crippen LogP) is 4.02. The summed E-state index contributed by atoms with van der Waals surface area (Å²) in [4.78, 5) is 0. The third kappa shape index (κ3) is 3.37. The van der Waals surface area contributed by atoms with Crippen molar-refractivity contribution in [1.82, 2.24) is 0 Å². The van der Waals surface area contributed by atoms with Gasteiger partial charge in [-0.05, 0) is 30.2 Å². The molecule has 0 amide bonds. The fourth-order valence-corrected chi connectivity index (χ4v) is 2.20. The monoisotopic (exact) mass is 283 g/mol. The lowest BCUT2D eigenvalue weighted by molar-refractivity contribution is 0.332. The average Bonchev–Trinajstić information content (AvgIpc) is 2.39. The number of ether oxygens (including phenoxy) is 1. The zero-order chi connectivity index (χ0) is 13.0. The predicted molar refractivity (Wildman–Crippen MR) is 79.9 cm³/mol. The molecule has 0 fully saturated rings. The number of benzene rings is 2. The van der Waals surface area contributed by atoms with Gasteiger partial charge in [-0.2, -0.15) is 0 Å². The van der Waals surface area contributed by atoms with Crippen molar-refractivity contribution in [1.29, 1.82) is 0 Å². The molecule has 0 saturated heterocycles. The van der Waals surface area contributed by atoms with Crippen molar-refractivity contribution < 1.29 is 9.13 Å². The molecule has 0 spiro atoms. The quantitative estimate of drug-likeness (QED) is 0.899. The maximum atomic E-state index is 12.5. The first-order valence-corrected chi connectivity index (χ1v) is 6.24. The second kappa shape index (κ2) is 7.31. The van der Waals surface area contributed by atoms with Gasteiger partial charge in [0.1, 0.15) is 5.75 Å². The van der Waals surface area contributed by atoms with Crippen LogP contribution in [0.25, 0.3) is 10.8 Å². The van der Waals surface area contributed by atoms with Crippen LogP contribution in [-0.4, -0.2) is 13.3 Å². The van der Waals surface area contributed by atoms with Gasteiger partial charge in [-0.1, -0.05) is 30.3 Å². The highest BCUT2D eigenvalue weighted by Gasteiger charge is 2.15. The van der Waals surface area contributed by atoms with Gasteiger partial charge < -0.3 is 10.5 Å². The van der Waals surface area contributed by atoms with Gasteiger partial charge in [0, 0.05) is 11.6 Å². The molecule has 0 saturated carbocycles. The van der Waals surface area contributed by atoms with E-state index in [0.717, 1.165) is 22.1 Å². The highest BCUT2D eigenvalue weighted by atomic mass is 35.5. The molecule has 0 unspecified atom stereocenters. The highest BCUT2D eigenvalue weighted by molar-refractivity contribution is 5.88. The van der Waals surface area contributed by atoms with Crippen molar-refractivity contribution in [3.63, 3.8) is 0 Å². The van der Waals surface area contributed by atoms with Crippen LogP contribution < -0.4 is 10.5 Å². The van der Waals surface area contributed by atoms with Crippen LogP contribution in [0.2, 0.25) is 0 Å². The lowest BCUT2D eigenvalue weighted by atomic mass is 9.96. The number of alkyl halides is 1. The Labute approximate surface area is 119 Å². The number of nitrogens with two attached hydrogens (primary N) is 1. The first-order chi connectivity index (χ1) is 8.77. The zero-order valence-electron chi connectivity index (χ0n) is 10.9. The Morgan fingerprint density at radius 1 is 1.21 bits per heavy atom. The lowest BCUT2D eigenvalue weighted by Gasteiger charge is -2.18. The smallest absolute Gasteiger partial charge is 0.124 e. The molecule has 2 aromatic rings. The topological polar surface area (TPSA) is 35.2 Å². The van der Waals surface area contributed by atoms with Gasteiger partial charge in [-0.15, -0.1) is 12.4 Å². The van der Waals surface area contributed by atoms with Crippen LogP contribution in [0.15, 0.2) is 36.4 Å². The van der Waals surface area contributed by atoms with Crippen LogP contribution in [0.3, 0.4) is 0 Å². The van der Waals surface area contributed by atoms with Crippen LogP contribution in [0.5, 0.6) is 5.75 Å². The first-order valence-electron chi connectivity index (χ1n) is 6.24. The maximum absolute atomic E-state index is 12.5. The van der Waals surface area contributed by atoms with E-state index in [-0.39, 0.29) is 18.4 Å². The van der Waals surface area contributed by atoms with Gasteiger partial charge in [0.2, 0.25) is 0 Å². The molecule has 4 heteroatoms. The summed E-state index contributed by atoms with van der Waals surface area (Å²) >= 11 is 0. The molecule has 0 radical (unpaired) electrons. The summed E-state index contributed by atoms with van der Waals surface area (Å²) < 4.78 is 18.1. The summed E-state index contributed by atoms with van der Waals surface area (Å²) in [5.74, 6) is 0.761. The molecule has 0 aromatic heterocycles. The molecular weight excluding hydrogens is 265 g/mol. The molecule has 2 nitrogen and oxygen atoms in total. The van der Waals surface area contributed by atoms with Crippen LogP contribution in [0, 0.1) is 0 Å². The Kier molecular flexibility index (Phi) is 6.06. The van der Waals surface area contributed by atoms with E-state index in [1.54, 1.807) is 0 Å². The van der Waals surface area contributed by atoms with E-state index in [1.807, 2.05) is 43.3 Å². The molecule has 0 aliphatic rings. The minimum Gasteiger partial charge on any atom is -0.494 e. The van der Waals surface area contributed by atoms with Crippen molar-refractivity contribution in [2.24, 2.45) is 5.73 Å². The first kappa shape index (κ1) is 15.7. The van der Waals surface area contributed by atoms with E-state index >= 15 is 0 Å². The van der Waals surface area contributed by atoms with E-state index < -0.39 is 6.67 Å². The molecule has 0 heterocycles. The molecule has 19 heavy (non-hydrogen) atoms. The number of halogens is 2. The van der Waals surface area contributed by atoms with E-state index in [1.165, 1.54) is 0 Å². The van der Waals surface area contributed by atoms with Crippen molar-refractivity contribution in [3.05, 3.63) is 42.0 Å². The van der Waals surface area contributed by atoms with E-state index in [9.17, 15) is 4.39 Å². The molecule has 0 aliphatic carbocycles. The van der Waals surface area contributed by atoms with Gasteiger partial charge in [0.25, 0.3) is 0 Å². The summed E-state index contributed by atoms with van der Waals surface area (Å²) in [5.41, 5.74) is 6.99. The standard InChI is InChI=1S/C15H18FNO.ClH/c1-2-18-14-8-7-11-5-3-4-6-12(11)15(14)13(17)9-10-16;/h3-8,13H,2,9-10,17H2,1H3;1H/t13-;/m0./s1. The van der Waals surface area contributed by atoms with E-state index in [4.69, 9.17) is 10.5 Å². The SMILES string of the molecule is CCOc1ccc2ccccc2c1[C@@H](N)CCF.Cl. The summed E-state index contributed by atoms with van der Waals surface area (Å²) in [6.07, 6.45) is 0.314. The van der Waals surface area contributed by atoms with Crippen LogP contribution >= 0.6 is 12.4 Å². The van der Waals surface area contributed by atoms with Crippen LogP contribution in [0.1, 0.15) is 24.9 Å². The summed E-state index contributed by atoms with van der Waals surface area (Å²) in [6, 6.07) is 11.6. The van der Waals surface area contributed by atoms with Crippen LogP contribution in [-0.2, 0) is 0 Å². The van der Waals surface area contributed by atoms with Gasteiger partial charge in [-0.25, -0.2) is 0 Å². The Bertz CT molecular complexity index is 533. The Morgan fingerprint density at radius 2 is 1.95 bits per heavy atom. The van der Waals surface area contributed by atoms with Crippen molar-refractivity contribution in [3.8, 4) is 5.75 Å². The maximum Gasteiger partial charge on any atom is 0.124 e. The fraction of sp³-hybridized carbons (Fsp3) is 0.333. The zero-order valence-corrected chi connectivity index (χ0v) is 11.8. The van der Waals surface area contributed by atoms with Crippen molar-refractivity contribution >= 4 is 23.2 Å². The summed E-state index contributed by atoms with van der Waals surface area (Å²) in [7, 11) is 0. The largest absolute Gasteiger partial charge is 0.494 e. The highest BCUT2D eigenvalue weighted by Crippen LogP contribution is 2.33. The molecule has 2 aromatic carbocycles. The van der Waals surface area contributed by atoms with Gasteiger partial charge in [-0.3, -0.25) is 4.39 Å². The number of hydrogen-bond acceptors (Lipinski definition) is 2. The van der Waals surface area contributed by atoms with Gasteiger partial charge in [0.05, 0.1) is 13.3 Å². The summed E-state index contributed by atoms with van der Waals surface area (Å²) in [5, 5.41) is 2.15. The normalized spacial score (nSPS) is 11.9. The molecule has 2 rings (SSSR count). The Hall–Kier alpha value is -1.32. The number of fused-ring (bicyclic) bond motifs is 1. The van der Waals surface area contributed by atoms with Crippen LogP contribution in [0.4, 0.5) is 4.39 Å². The van der Waals surface area contributed by atoms with Crippen molar-refractivity contribution in [2.45, 2.75) is 19.4 Å². The molecule has 1 atom stereocenters. The molecule has 104 valence electrons. The number of rotatable bonds is 5. The Balaban J connectivity index is 0.00000180. The third-order valence-electron chi connectivity index (χ3n) is 3.02. The fourth-order valence-electron chi connectivity index (χ4n) is 2.20. The van der Waals surface area contributed by atoms with E-state index in [2.05, 4.69) is 0 Å². The van der Waals surface area contributed by atoms with E-state index in [0.29, 0.717) is 13.0 Å². The second-order valence-electron chi connectivity index (χ2n) is 4.22. The van der Waals surface area contributed by atoms with Gasteiger partial charge in [0.15, 0.2) is 0 Å².